The molecule has 0 aliphatic carbocycles. The first kappa shape index (κ1) is 24.7. The van der Waals surface area contributed by atoms with Gasteiger partial charge in [0.15, 0.2) is 0 Å². The number of hydrogen-bond acceptors (Lipinski definition) is 3. The molecule has 0 aliphatic heterocycles. The number of carbonyl (C=O) groups excluding carboxylic acids is 1. The number of benzene rings is 3. The van der Waals surface area contributed by atoms with Gasteiger partial charge in [-0.1, -0.05) is 65.3 Å². The van der Waals surface area contributed by atoms with Gasteiger partial charge in [-0.3, -0.25) is 0 Å². The van der Waals surface area contributed by atoms with Crippen molar-refractivity contribution >= 4 is 33.1 Å². The summed E-state index contributed by atoms with van der Waals surface area (Å²) in [6, 6.07) is 24.5. The van der Waals surface area contributed by atoms with Crippen LogP contribution in [0.2, 0.25) is 0 Å². The van der Waals surface area contributed by atoms with Crippen LogP contribution >= 0.6 is 15.9 Å². The minimum Gasteiger partial charge on any atom is -0.489 e. The molecule has 1 heterocycles. The first-order valence-electron chi connectivity index (χ1n) is 11.3. The molecule has 0 saturated carbocycles. The smallest absolute Gasteiger partial charge is 0.124 e. The van der Waals surface area contributed by atoms with E-state index in [0.717, 1.165) is 57.2 Å². The molecule has 1 aromatic heterocycles. The minimum absolute atomic E-state index is 0.417. The maximum Gasteiger partial charge on any atom is 0.124 e. The van der Waals surface area contributed by atoms with Gasteiger partial charge in [-0.2, -0.15) is 0 Å². The summed E-state index contributed by atoms with van der Waals surface area (Å²) >= 11 is 3.53. The average molecular weight is 507 g/mol. The van der Waals surface area contributed by atoms with Crippen LogP contribution in [0.5, 0.6) is 5.75 Å². The van der Waals surface area contributed by atoms with Crippen LogP contribution in [-0.2, 0) is 24.4 Å². The van der Waals surface area contributed by atoms with Gasteiger partial charge < -0.3 is 19.4 Å². The summed E-state index contributed by atoms with van der Waals surface area (Å²) < 4.78 is 9.16. The molecule has 0 unspecified atom stereocenters. The van der Waals surface area contributed by atoms with Crippen molar-refractivity contribution in [3.8, 4) is 5.75 Å². The van der Waals surface area contributed by atoms with Crippen molar-refractivity contribution in [1.82, 2.24) is 9.88 Å². The van der Waals surface area contributed by atoms with E-state index in [-0.39, 0.29) is 0 Å². The van der Waals surface area contributed by atoms with E-state index >= 15 is 0 Å². The third-order valence-corrected chi connectivity index (χ3v) is 5.72. The van der Waals surface area contributed by atoms with Gasteiger partial charge >= 0.3 is 0 Å². The molecule has 0 radical (unpaired) electrons. The largest absolute Gasteiger partial charge is 0.489 e. The predicted octanol–water partition coefficient (Wildman–Crippen LogP) is 6.39. The van der Waals surface area contributed by atoms with Crippen LogP contribution in [0.3, 0.4) is 0 Å². The lowest BCUT2D eigenvalue weighted by Gasteiger charge is -2.10. The summed E-state index contributed by atoms with van der Waals surface area (Å²) in [5.41, 5.74) is 4.47. The molecule has 0 atom stereocenters. The van der Waals surface area contributed by atoms with E-state index in [9.17, 15) is 4.79 Å². The van der Waals surface area contributed by atoms with Crippen molar-refractivity contribution < 1.29 is 9.53 Å². The number of carbonyl (C=O) groups is 1. The Morgan fingerprint density at radius 1 is 1.00 bits per heavy atom. The Kier molecular flexibility index (Phi) is 9.73. The topological polar surface area (TPSA) is 43.3 Å². The van der Waals surface area contributed by atoms with Crippen molar-refractivity contribution in [2.45, 2.75) is 32.9 Å². The van der Waals surface area contributed by atoms with Crippen LogP contribution in [0.25, 0.3) is 10.9 Å². The maximum atomic E-state index is 11.1. The number of aromatic nitrogens is 1. The molecule has 4 nitrogen and oxygen atoms in total. The Morgan fingerprint density at radius 2 is 1.79 bits per heavy atom. The summed E-state index contributed by atoms with van der Waals surface area (Å²) in [6.45, 7) is 4.56. The lowest BCUT2D eigenvalue weighted by Crippen LogP contribution is -2.04. The summed E-state index contributed by atoms with van der Waals surface area (Å²) in [4.78, 5) is 11.1. The quantitative estimate of drug-likeness (QED) is 0.267. The normalized spacial score (nSPS) is 10.5. The second kappa shape index (κ2) is 13.0. The van der Waals surface area contributed by atoms with E-state index in [1.165, 1.54) is 6.42 Å². The van der Waals surface area contributed by atoms with E-state index in [0.29, 0.717) is 13.0 Å². The Labute approximate surface area is 204 Å². The molecule has 172 valence electrons. The molecule has 3 aromatic carbocycles. The molecule has 4 rings (SSSR count). The number of rotatable bonds is 9. The van der Waals surface area contributed by atoms with Gasteiger partial charge in [-0.15, -0.1) is 0 Å². The lowest BCUT2D eigenvalue weighted by molar-refractivity contribution is -0.107. The summed E-state index contributed by atoms with van der Waals surface area (Å²) in [7, 11) is 1.96. The van der Waals surface area contributed by atoms with Gasteiger partial charge in [0.1, 0.15) is 18.6 Å². The highest BCUT2D eigenvalue weighted by Gasteiger charge is 2.10. The fraction of sp³-hybridized carbons (Fsp3) is 0.250. The van der Waals surface area contributed by atoms with Crippen LogP contribution in [0.15, 0.2) is 83.5 Å². The number of hydrogen-bond donors (Lipinski definition) is 1. The van der Waals surface area contributed by atoms with Gasteiger partial charge in [-0.05, 0) is 67.0 Å². The summed E-state index contributed by atoms with van der Waals surface area (Å²) in [5, 5.41) is 4.13. The predicted molar refractivity (Wildman–Crippen MR) is 140 cm³/mol. The fourth-order valence-corrected chi connectivity index (χ4v) is 4.01. The SMILES string of the molecule is CCCNC.O=CCc1cn(Cc2cccc(OCc3ccccc3)c2)c2ccc(Br)cc12. The third kappa shape index (κ3) is 7.31. The Balaban J connectivity index is 0.000000555. The Hall–Kier alpha value is -2.89. The molecule has 0 amide bonds. The molecule has 4 aromatic rings. The molecule has 0 aliphatic rings. The number of nitrogens with one attached hydrogen (secondary N) is 1. The summed E-state index contributed by atoms with van der Waals surface area (Å²) in [5.74, 6) is 0.855. The lowest BCUT2D eigenvalue weighted by atomic mass is 10.1. The van der Waals surface area contributed by atoms with Gasteiger partial charge in [0.25, 0.3) is 0 Å². The molecule has 0 bridgehead atoms. The zero-order valence-electron chi connectivity index (χ0n) is 19.3. The standard InChI is InChI=1S/C24H20BrNO2.C4H11N/c25-21-9-10-24-23(14-21)20(11-12-27)16-26(24)15-19-7-4-8-22(13-19)28-17-18-5-2-1-3-6-18;1-3-4-5-2/h1-10,12-14,16H,11,15,17H2;5H,3-4H2,1-2H3. The highest BCUT2D eigenvalue weighted by atomic mass is 79.9. The van der Waals surface area contributed by atoms with Crippen molar-refractivity contribution in [1.29, 1.82) is 0 Å². The Bertz CT molecular complexity index is 1150. The molecule has 0 fully saturated rings. The second-order valence-electron chi connectivity index (χ2n) is 7.84. The molecular weight excluding hydrogens is 476 g/mol. The molecule has 1 N–H and O–H groups in total. The maximum absolute atomic E-state index is 11.1. The van der Waals surface area contributed by atoms with Gasteiger partial charge in [0.05, 0.1) is 0 Å². The first-order chi connectivity index (χ1) is 16.1. The zero-order chi connectivity index (χ0) is 23.5. The van der Waals surface area contributed by atoms with E-state index in [1.807, 2.05) is 43.4 Å². The first-order valence-corrected chi connectivity index (χ1v) is 12.0. The van der Waals surface area contributed by atoms with Gasteiger partial charge in [0, 0.05) is 34.5 Å². The minimum atomic E-state index is 0.417. The number of halogens is 1. The number of fused-ring (bicyclic) bond motifs is 1. The number of ether oxygens (including phenoxy) is 1. The highest BCUT2D eigenvalue weighted by molar-refractivity contribution is 9.10. The van der Waals surface area contributed by atoms with Crippen LogP contribution in [0, 0.1) is 0 Å². The van der Waals surface area contributed by atoms with Crippen LogP contribution in [-0.4, -0.2) is 24.4 Å². The number of nitrogens with zero attached hydrogens (tertiary/aromatic N) is 1. The Morgan fingerprint density at radius 3 is 2.48 bits per heavy atom. The van der Waals surface area contributed by atoms with Gasteiger partial charge in [0.2, 0.25) is 0 Å². The van der Waals surface area contributed by atoms with Crippen LogP contribution in [0.1, 0.15) is 30.0 Å². The molecule has 5 heteroatoms. The molecular formula is C28H31BrN2O2. The monoisotopic (exact) mass is 506 g/mol. The second-order valence-corrected chi connectivity index (χ2v) is 8.76. The molecule has 0 spiro atoms. The van der Waals surface area contributed by atoms with Crippen LogP contribution in [0.4, 0.5) is 0 Å². The van der Waals surface area contributed by atoms with E-state index in [2.05, 4.69) is 75.3 Å². The van der Waals surface area contributed by atoms with Crippen molar-refractivity contribution in [3.05, 3.63) is 100 Å². The van der Waals surface area contributed by atoms with Crippen molar-refractivity contribution in [2.75, 3.05) is 13.6 Å². The van der Waals surface area contributed by atoms with Crippen molar-refractivity contribution in [3.63, 3.8) is 0 Å². The highest BCUT2D eigenvalue weighted by Crippen LogP contribution is 2.27. The van der Waals surface area contributed by atoms with Crippen LogP contribution < -0.4 is 10.1 Å². The van der Waals surface area contributed by atoms with E-state index in [1.54, 1.807) is 0 Å². The number of aldehydes is 1. The average Bonchev–Trinajstić information content (AvgIpc) is 3.16. The van der Waals surface area contributed by atoms with Crippen molar-refractivity contribution in [2.24, 2.45) is 0 Å². The van der Waals surface area contributed by atoms with Gasteiger partial charge in [-0.25, -0.2) is 0 Å². The summed E-state index contributed by atoms with van der Waals surface area (Å²) in [6.07, 6.45) is 4.68. The van der Waals surface area contributed by atoms with E-state index in [4.69, 9.17) is 4.74 Å². The molecule has 33 heavy (non-hydrogen) atoms. The molecule has 0 saturated heterocycles. The fourth-order valence-electron chi connectivity index (χ4n) is 3.65. The zero-order valence-corrected chi connectivity index (χ0v) is 20.8. The van der Waals surface area contributed by atoms with E-state index < -0.39 is 0 Å². The third-order valence-electron chi connectivity index (χ3n) is 5.23.